The predicted molar refractivity (Wildman–Crippen MR) is 92.7 cm³/mol. The summed E-state index contributed by atoms with van der Waals surface area (Å²) in [5, 5.41) is 10.1. The number of halogens is 1. The third kappa shape index (κ3) is 5.19. The summed E-state index contributed by atoms with van der Waals surface area (Å²) in [6.45, 7) is 4.23. The van der Waals surface area contributed by atoms with Gasteiger partial charge in [0.1, 0.15) is 5.82 Å². The van der Waals surface area contributed by atoms with Gasteiger partial charge in [-0.1, -0.05) is 18.2 Å². The molecule has 1 aromatic heterocycles. The molecule has 134 valence electrons. The molecule has 1 saturated heterocycles. The van der Waals surface area contributed by atoms with Gasteiger partial charge in [-0.2, -0.15) is 0 Å². The van der Waals surface area contributed by atoms with Gasteiger partial charge >= 0.3 is 0 Å². The Hall–Kier alpha value is -2.09. The van der Waals surface area contributed by atoms with Crippen molar-refractivity contribution in [2.45, 2.75) is 12.7 Å². The van der Waals surface area contributed by atoms with Crippen molar-refractivity contribution in [2.75, 3.05) is 44.2 Å². The van der Waals surface area contributed by atoms with E-state index in [9.17, 15) is 9.50 Å². The first-order chi connectivity index (χ1) is 12.2. The highest BCUT2D eigenvalue weighted by atomic mass is 19.1. The second-order valence-electron chi connectivity index (χ2n) is 6.10. The molecule has 1 aliphatic rings. The molecule has 2 aromatic rings. The summed E-state index contributed by atoms with van der Waals surface area (Å²) in [7, 11) is 0. The van der Waals surface area contributed by atoms with E-state index in [0.717, 1.165) is 32.1 Å². The molecule has 0 amide bonds. The first-order valence-corrected chi connectivity index (χ1v) is 8.46. The molecule has 3 rings (SSSR count). The molecule has 0 aliphatic carbocycles. The van der Waals surface area contributed by atoms with Crippen LogP contribution in [0.1, 0.15) is 5.56 Å². The number of nitrogens with zero attached hydrogens (tertiary/aromatic N) is 4. The fourth-order valence-electron chi connectivity index (χ4n) is 2.86. The molecule has 0 radical (unpaired) electrons. The lowest BCUT2D eigenvalue weighted by Gasteiger charge is -2.35. The molecular weight excluding hydrogens is 323 g/mol. The van der Waals surface area contributed by atoms with Gasteiger partial charge in [-0.15, -0.1) is 0 Å². The van der Waals surface area contributed by atoms with Gasteiger partial charge in [0.2, 0.25) is 5.95 Å². The summed E-state index contributed by atoms with van der Waals surface area (Å²) >= 11 is 0. The summed E-state index contributed by atoms with van der Waals surface area (Å²) in [4.78, 5) is 12.8. The van der Waals surface area contributed by atoms with Crippen molar-refractivity contribution >= 4 is 5.95 Å². The Balaban J connectivity index is 1.36. The van der Waals surface area contributed by atoms with Crippen LogP contribution in [0.2, 0.25) is 0 Å². The molecule has 0 unspecified atom stereocenters. The second kappa shape index (κ2) is 8.84. The Labute approximate surface area is 146 Å². The number of aromatic nitrogens is 2. The summed E-state index contributed by atoms with van der Waals surface area (Å²) in [6, 6.07) is 8.32. The van der Waals surface area contributed by atoms with Crippen molar-refractivity contribution < 1.29 is 14.2 Å². The average Bonchev–Trinajstić information content (AvgIpc) is 2.65. The average molecular weight is 346 g/mol. The van der Waals surface area contributed by atoms with E-state index in [-0.39, 0.29) is 19.0 Å². The topological polar surface area (TPSA) is 61.7 Å². The van der Waals surface area contributed by atoms with Crippen LogP contribution in [0.5, 0.6) is 0 Å². The molecule has 1 atom stereocenters. The smallest absolute Gasteiger partial charge is 0.225 e. The number of β-amino-alcohol motifs (C(OH)–C–C–N with tert-alkyl or cyclic N) is 1. The molecule has 0 bridgehead atoms. The third-order valence-corrected chi connectivity index (χ3v) is 4.20. The minimum atomic E-state index is -0.591. The van der Waals surface area contributed by atoms with Crippen molar-refractivity contribution in [3.63, 3.8) is 0 Å². The van der Waals surface area contributed by atoms with Crippen molar-refractivity contribution in [1.29, 1.82) is 0 Å². The maximum atomic E-state index is 13.5. The number of aliphatic hydroxyl groups excluding tert-OH is 1. The lowest BCUT2D eigenvalue weighted by atomic mass is 10.2. The zero-order chi connectivity index (χ0) is 17.5. The van der Waals surface area contributed by atoms with Gasteiger partial charge in [0.25, 0.3) is 0 Å². The fourth-order valence-corrected chi connectivity index (χ4v) is 2.86. The van der Waals surface area contributed by atoms with Gasteiger partial charge in [0, 0.05) is 50.7 Å². The van der Waals surface area contributed by atoms with E-state index in [1.165, 1.54) is 6.07 Å². The van der Waals surface area contributed by atoms with Crippen LogP contribution in [0.15, 0.2) is 42.7 Å². The molecule has 1 fully saturated rings. The van der Waals surface area contributed by atoms with Crippen LogP contribution in [0.3, 0.4) is 0 Å². The highest BCUT2D eigenvalue weighted by molar-refractivity contribution is 5.29. The molecule has 1 aromatic carbocycles. The molecule has 0 spiro atoms. The summed E-state index contributed by atoms with van der Waals surface area (Å²) in [5.74, 6) is 0.465. The van der Waals surface area contributed by atoms with Gasteiger partial charge in [0.15, 0.2) is 0 Å². The molecule has 1 N–H and O–H groups in total. The summed E-state index contributed by atoms with van der Waals surface area (Å²) < 4.78 is 18.9. The Morgan fingerprint density at radius 2 is 1.80 bits per heavy atom. The van der Waals surface area contributed by atoms with Crippen LogP contribution >= 0.6 is 0 Å². The Morgan fingerprint density at radius 1 is 1.08 bits per heavy atom. The minimum absolute atomic E-state index is 0.170. The highest BCUT2D eigenvalue weighted by Crippen LogP contribution is 2.11. The van der Waals surface area contributed by atoms with Crippen LogP contribution < -0.4 is 4.90 Å². The number of hydrogen-bond donors (Lipinski definition) is 1. The van der Waals surface area contributed by atoms with E-state index in [0.29, 0.717) is 12.1 Å². The summed E-state index contributed by atoms with van der Waals surface area (Å²) in [6.07, 6.45) is 2.89. The number of anilines is 1. The Bertz CT molecular complexity index is 651. The Morgan fingerprint density at radius 3 is 2.52 bits per heavy atom. The van der Waals surface area contributed by atoms with Crippen molar-refractivity contribution in [1.82, 2.24) is 14.9 Å². The largest absolute Gasteiger partial charge is 0.389 e. The third-order valence-electron chi connectivity index (χ3n) is 4.20. The number of aliphatic hydroxyl groups is 1. The molecule has 7 heteroatoms. The molecule has 2 heterocycles. The maximum Gasteiger partial charge on any atom is 0.225 e. The lowest BCUT2D eigenvalue weighted by molar-refractivity contribution is 0.00835. The normalized spacial score (nSPS) is 16.8. The van der Waals surface area contributed by atoms with E-state index < -0.39 is 6.10 Å². The zero-order valence-electron chi connectivity index (χ0n) is 14.1. The molecular formula is C18H23FN4O2. The van der Waals surface area contributed by atoms with Crippen LogP contribution in [0.4, 0.5) is 10.3 Å². The highest BCUT2D eigenvalue weighted by Gasteiger charge is 2.20. The van der Waals surface area contributed by atoms with Crippen LogP contribution in [-0.4, -0.2) is 65.4 Å². The van der Waals surface area contributed by atoms with Crippen LogP contribution in [0, 0.1) is 5.82 Å². The summed E-state index contributed by atoms with van der Waals surface area (Å²) in [5.41, 5.74) is 0.506. The first kappa shape index (κ1) is 17.7. The van der Waals surface area contributed by atoms with E-state index in [1.807, 2.05) is 0 Å². The molecule has 0 saturated carbocycles. The fraction of sp³-hybridized carbons (Fsp3) is 0.444. The van der Waals surface area contributed by atoms with Crippen LogP contribution in [0.25, 0.3) is 0 Å². The molecule has 1 aliphatic heterocycles. The van der Waals surface area contributed by atoms with E-state index in [2.05, 4.69) is 19.8 Å². The maximum absolute atomic E-state index is 13.5. The predicted octanol–water partition coefficient (Wildman–Crippen LogP) is 1.32. The Kier molecular flexibility index (Phi) is 6.27. The van der Waals surface area contributed by atoms with Crippen LogP contribution in [-0.2, 0) is 11.3 Å². The number of hydrogen-bond acceptors (Lipinski definition) is 6. The molecule has 6 nitrogen and oxygen atoms in total. The van der Waals surface area contributed by atoms with E-state index >= 15 is 0 Å². The SMILES string of the molecule is O[C@@H](COCc1ccccc1F)CN1CCN(c2ncccn2)CC1. The molecule has 25 heavy (non-hydrogen) atoms. The number of rotatable bonds is 7. The van der Waals surface area contributed by atoms with Gasteiger partial charge in [-0.25, -0.2) is 14.4 Å². The standard InChI is InChI=1S/C18H23FN4O2/c19-17-5-2-1-4-15(17)13-25-14-16(24)12-22-8-10-23(11-9-22)18-20-6-3-7-21-18/h1-7,16,24H,8-14H2/t16-/m1/s1. The number of benzene rings is 1. The monoisotopic (exact) mass is 346 g/mol. The van der Waals surface area contributed by atoms with E-state index in [4.69, 9.17) is 4.74 Å². The number of piperazine rings is 1. The zero-order valence-corrected chi connectivity index (χ0v) is 14.1. The van der Waals surface area contributed by atoms with E-state index in [1.54, 1.807) is 36.7 Å². The quantitative estimate of drug-likeness (QED) is 0.816. The van der Waals surface area contributed by atoms with Crippen molar-refractivity contribution in [2.24, 2.45) is 0 Å². The van der Waals surface area contributed by atoms with Gasteiger partial charge in [0.05, 0.1) is 19.3 Å². The van der Waals surface area contributed by atoms with Crippen molar-refractivity contribution in [3.05, 3.63) is 54.1 Å². The number of ether oxygens (including phenoxy) is 1. The van der Waals surface area contributed by atoms with Gasteiger partial charge < -0.3 is 14.7 Å². The van der Waals surface area contributed by atoms with Gasteiger partial charge in [-0.05, 0) is 12.1 Å². The van der Waals surface area contributed by atoms with Gasteiger partial charge in [-0.3, -0.25) is 4.90 Å². The lowest BCUT2D eigenvalue weighted by Crippen LogP contribution is -2.49. The minimum Gasteiger partial charge on any atom is -0.389 e. The second-order valence-corrected chi connectivity index (χ2v) is 6.10. The first-order valence-electron chi connectivity index (χ1n) is 8.46. The van der Waals surface area contributed by atoms with Crippen molar-refractivity contribution in [3.8, 4) is 0 Å².